The first-order chi connectivity index (χ1) is 20.3. The van der Waals surface area contributed by atoms with Gasteiger partial charge in [0.1, 0.15) is 0 Å². The van der Waals surface area contributed by atoms with Crippen molar-refractivity contribution in [2.45, 2.75) is 84.3 Å². The van der Waals surface area contributed by atoms with Crippen molar-refractivity contribution < 1.29 is 22.8 Å². The number of nitrogens with zero attached hydrogens (tertiary/aromatic N) is 6. The highest BCUT2D eigenvalue weighted by Gasteiger charge is 2.51. The number of rotatable bonds is 5. The maximum atomic E-state index is 14.3. The molecule has 2 N–H and O–H groups in total. The van der Waals surface area contributed by atoms with Crippen LogP contribution in [0.3, 0.4) is 0 Å². The highest BCUT2D eigenvalue weighted by molar-refractivity contribution is 5.80. The van der Waals surface area contributed by atoms with Gasteiger partial charge in [-0.15, -0.1) is 11.0 Å². The second-order valence-electron chi connectivity index (χ2n) is 11.3. The summed E-state index contributed by atoms with van der Waals surface area (Å²) < 4.78 is 42.5. The number of hydrogen-bond acceptors (Lipinski definition) is 9. The molecule has 0 bridgehead atoms. The van der Waals surface area contributed by atoms with Gasteiger partial charge < -0.3 is 15.5 Å². The molecule has 4 heterocycles. The SMILES string of the molecule is CC#CCN1c2c(n(C)c(=O)n(Cc3nc(C)c(C)c4c3CCCC4)c2=O)N(OC(=O)C(F)(F)F)C1N1CCCC(N)C1. The van der Waals surface area contributed by atoms with Crippen molar-refractivity contribution in [3.05, 3.63) is 48.9 Å². The maximum absolute atomic E-state index is 14.3. The van der Waals surface area contributed by atoms with E-state index in [0.717, 1.165) is 51.6 Å². The molecule has 14 heteroatoms. The quantitative estimate of drug-likeness (QED) is 0.511. The van der Waals surface area contributed by atoms with Crippen molar-refractivity contribution in [2.24, 2.45) is 12.8 Å². The van der Waals surface area contributed by atoms with E-state index in [0.29, 0.717) is 30.1 Å². The average Bonchev–Trinajstić information content (AvgIpc) is 3.28. The van der Waals surface area contributed by atoms with Gasteiger partial charge in [0.05, 0.1) is 18.8 Å². The van der Waals surface area contributed by atoms with Crippen LogP contribution in [-0.4, -0.2) is 63.1 Å². The topological polar surface area (TPSA) is 119 Å². The molecule has 1 fully saturated rings. The molecule has 232 valence electrons. The summed E-state index contributed by atoms with van der Waals surface area (Å²) in [6.07, 6.45) is -1.51. The zero-order chi connectivity index (χ0) is 31.2. The Bertz CT molecular complexity index is 1620. The Labute approximate surface area is 247 Å². The number of halogens is 3. The normalized spacial score (nSPS) is 20.4. The van der Waals surface area contributed by atoms with Gasteiger partial charge in [0, 0.05) is 31.9 Å². The van der Waals surface area contributed by atoms with Crippen LogP contribution in [0.5, 0.6) is 0 Å². The second-order valence-corrected chi connectivity index (χ2v) is 11.3. The lowest BCUT2D eigenvalue weighted by Gasteiger charge is -2.41. The van der Waals surface area contributed by atoms with E-state index >= 15 is 0 Å². The molecule has 0 saturated carbocycles. The van der Waals surface area contributed by atoms with E-state index in [9.17, 15) is 27.6 Å². The summed E-state index contributed by atoms with van der Waals surface area (Å²) in [5.74, 6) is 2.90. The number of piperidine rings is 1. The first-order valence-corrected chi connectivity index (χ1v) is 14.4. The number of alkyl halides is 3. The molecule has 2 aliphatic heterocycles. The van der Waals surface area contributed by atoms with Crippen LogP contribution >= 0.6 is 0 Å². The minimum atomic E-state index is -5.32. The van der Waals surface area contributed by atoms with Gasteiger partial charge in [-0.05, 0) is 76.0 Å². The number of hydroxylamine groups is 1. The summed E-state index contributed by atoms with van der Waals surface area (Å²) in [6, 6.07) is -0.292. The molecule has 3 aliphatic rings. The van der Waals surface area contributed by atoms with Gasteiger partial charge in [0.15, 0.2) is 17.8 Å². The van der Waals surface area contributed by atoms with Gasteiger partial charge in [-0.25, -0.2) is 9.59 Å². The number of aryl methyl sites for hydroxylation is 1. The number of likely N-dealkylation sites (tertiary alicyclic amines) is 1. The van der Waals surface area contributed by atoms with E-state index in [1.807, 2.05) is 13.8 Å². The molecule has 0 radical (unpaired) electrons. The van der Waals surface area contributed by atoms with Crippen molar-refractivity contribution in [3.8, 4) is 11.8 Å². The molecule has 0 spiro atoms. The van der Waals surface area contributed by atoms with Crippen LogP contribution in [0.2, 0.25) is 0 Å². The number of fused-ring (bicyclic) bond motifs is 2. The molecule has 5 rings (SSSR count). The molecule has 2 unspecified atom stereocenters. The van der Waals surface area contributed by atoms with Crippen molar-refractivity contribution in [3.63, 3.8) is 0 Å². The third kappa shape index (κ3) is 5.51. The molecule has 43 heavy (non-hydrogen) atoms. The van der Waals surface area contributed by atoms with Gasteiger partial charge in [0.2, 0.25) is 0 Å². The largest absolute Gasteiger partial charge is 0.493 e. The van der Waals surface area contributed by atoms with E-state index in [4.69, 9.17) is 15.6 Å². The van der Waals surface area contributed by atoms with Crippen LogP contribution in [0, 0.1) is 25.7 Å². The molecule has 2 aromatic heterocycles. The van der Waals surface area contributed by atoms with Gasteiger partial charge in [-0.1, -0.05) is 5.92 Å². The van der Waals surface area contributed by atoms with Crippen LogP contribution in [0.25, 0.3) is 0 Å². The van der Waals surface area contributed by atoms with Gasteiger partial charge >= 0.3 is 17.8 Å². The first kappa shape index (κ1) is 30.6. The zero-order valence-electron chi connectivity index (χ0n) is 24.8. The molecule has 1 saturated heterocycles. The van der Waals surface area contributed by atoms with Crippen LogP contribution in [-0.2, 0) is 36.1 Å². The molecule has 2 aromatic rings. The van der Waals surface area contributed by atoms with Crippen LogP contribution in [0.15, 0.2) is 9.59 Å². The highest BCUT2D eigenvalue weighted by atomic mass is 19.4. The Morgan fingerprint density at radius 1 is 1.14 bits per heavy atom. The molecule has 1 aliphatic carbocycles. The Morgan fingerprint density at radius 2 is 1.84 bits per heavy atom. The third-order valence-electron chi connectivity index (χ3n) is 8.56. The van der Waals surface area contributed by atoms with E-state index in [1.165, 1.54) is 17.5 Å². The summed E-state index contributed by atoms with van der Waals surface area (Å²) in [6.45, 7) is 5.98. The van der Waals surface area contributed by atoms with Crippen LogP contribution < -0.4 is 26.9 Å². The van der Waals surface area contributed by atoms with Gasteiger partial charge in [-0.2, -0.15) is 13.2 Å². The van der Waals surface area contributed by atoms with Crippen molar-refractivity contribution >= 4 is 17.5 Å². The van der Waals surface area contributed by atoms with Gasteiger partial charge in [-0.3, -0.25) is 23.8 Å². The lowest BCUT2D eigenvalue weighted by atomic mass is 9.87. The Morgan fingerprint density at radius 3 is 2.49 bits per heavy atom. The summed E-state index contributed by atoms with van der Waals surface area (Å²) in [4.78, 5) is 53.1. The van der Waals surface area contributed by atoms with Crippen LogP contribution in [0.1, 0.15) is 60.7 Å². The predicted octanol–water partition coefficient (Wildman–Crippen LogP) is 1.86. The zero-order valence-corrected chi connectivity index (χ0v) is 24.8. The Balaban J connectivity index is 1.70. The predicted molar refractivity (Wildman–Crippen MR) is 153 cm³/mol. The number of hydrogen-bond donors (Lipinski definition) is 1. The monoisotopic (exact) mass is 603 g/mol. The van der Waals surface area contributed by atoms with E-state index < -0.39 is 29.7 Å². The first-order valence-electron chi connectivity index (χ1n) is 14.4. The van der Waals surface area contributed by atoms with Crippen molar-refractivity contribution in [1.29, 1.82) is 0 Å². The summed E-state index contributed by atoms with van der Waals surface area (Å²) in [7, 11) is 1.34. The minimum Gasteiger partial charge on any atom is -0.327 e. The molecular formula is C29H36F3N7O4. The molecule has 0 aromatic carbocycles. The average molecular weight is 604 g/mol. The lowest BCUT2D eigenvalue weighted by Crippen LogP contribution is -2.60. The van der Waals surface area contributed by atoms with Crippen molar-refractivity contribution in [2.75, 3.05) is 29.6 Å². The van der Waals surface area contributed by atoms with Crippen molar-refractivity contribution in [1.82, 2.24) is 19.0 Å². The summed E-state index contributed by atoms with van der Waals surface area (Å²) in [5, 5.41) is 0.712. The number of aromatic nitrogens is 3. The summed E-state index contributed by atoms with van der Waals surface area (Å²) in [5.41, 5.74) is 9.34. The van der Waals surface area contributed by atoms with E-state index in [1.54, 1.807) is 11.8 Å². The lowest BCUT2D eigenvalue weighted by molar-refractivity contribution is -0.203. The summed E-state index contributed by atoms with van der Waals surface area (Å²) >= 11 is 0. The number of carbonyl (C=O) groups is 1. The number of carbonyl (C=O) groups excluding carboxylic acids is 1. The van der Waals surface area contributed by atoms with E-state index in [2.05, 4.69) is 11.8 Å². The fourth-order valence-electron chi connectivity index (χ4n) is 6.38. The number of anilines is 2. The van der Waals surface area contributed by atoms with Crippen LogP contribution in [0.4, 0.5) is 24.7 Å². The highest BCUT2D eigenvalue weighted by Crippen LogP contribution is 2.39. The molecular weight excluding hydrogens is 567 g/mol. The maximum Gasteiger partial charge on any atom is 0.493 e. The smallest absolute Gasteiger partial charge is 0.327 e. The second kappa shape index (κ2) is 11.7. The Kier molecular flexibility index (Phi) is 8.32. The molecule has 2 atom stereocenters. The van der Waals surface area contributed by atoms with E-state index in [-0.39, 0.29) is 37.2 Å². The number of nitrogens with two attached hydrogens (primary N) is 1. The third-order valence-corrected chi connectivity index (χ3v) is 8.56. The Hall–Kier alpha value is -3.83. The fourth-order valence-corrected chi connectivity index (χ4v) is 6.38. The molecule has 11 nitrogen and oxygen atoms in total. The minimum absolute atomic E-state index is 0.0787. The molecule has 0 amide bonds. The standard InChI is InChI=1S/C29H36F3N7O4/c1-5-6-14-37-23-24(39(43-26(41)29(30,31)32)27(37)36-13-9-10-19(33)15-36)35(4)28(42)38(25(23)40)16-22-21-12-8-7-11-20(21)17(2)18(3)34-22/h19,27H,7-16,33H2,1-4H3. The fraction of sp³-hybridized carbons (Fsp3) is 0.586. The number of pyridine rings is 1. The van der Waals surface area contributed by atoms with Gasteiger partial charge in [0.25, 0.3) is 5.56 Å².